The van der Waals surface area contributed by atoms with Gasteiger partial charge in [0.2, 0.25) is 5.91 Å². The molecule has 0 saturated carbocycles. The Morgan fingerprint density at radius 3 is 2.60 bits per heavy atom. The third kappa shape index (κ3) is 3.49. The fourth-order valence-electron chi connectivity index (χ4n) is 2.89. The Morgan fingerprint density at radius 2 is 1.92 bits per heavy atom. The summed E-state index contributed by atoms with van der Waals surface area (Å²) in [6.07, 6.45) is 0. The van der Waals surface area contributed by atoms with E-state index < -0.39 is 6.04 Å². The van der Waals surface area contributed by atoms with Gasteiger partial charge in [0, 0.05) is 24.2 Å². The summed E-state index contributed by atoms with van der Waals surface area (Å²) in [7, 11) is 0. The number of H-pyrrole nitrogens is 1. The molecule has 2 aromatic carbocycles. The van der Waals surface area contributed by atoms with Crippen molar-refractivity contribution in [1.29, 1.82) is 0 Å². The number of benzene rings is 2. The van der Waals surface area contributed by atoms with Gasteiger partial charge >= 0.3 is 0 Å². The number of anilines is 2. The highest BCUT2D eigenvalue weighted by Crippen LogP contribution is 2.26. The van der Waals surface area contributed by atoms with Crippen molar-refractivity contribution in [3.63, 3.8) is 0 Å². The molecule has 0 bridgehead atoms. The maximum atomic E-state index is 12.5. The van der Waals surface area contributed by atoms with Gasteiger partial charge in [0.1, 0.15) is 6.04 Å². The van der Waals surface area contributed by atoms with Crippen LogP contribution in [0.15, 0.2) is 48.5 Å². The lowest BCUT2D eigenvalue weighted by Gasteiger charge is -2.21. The lowest BCUT2D eigenvalue weighted by atomic mass is 10.1. The molecule has 1 atom stereocenters. The number of nitrogens with one attached hydrogen (secondary N) is 2. The predicted octanol–water partition coefficient (Wildman–Crippen LogP) is 3.05. The number of nitrogens with zero attached hydrogens (tertiary/aromatic N) is 2. The van der Waals surface area contributed by atoms with Crippen molar-refractivity contribution in [3.05, 3.63) is 54.1 Å². The van der Waals surface area contributed by atoms with Gasteiger partial charge in [-0.2, -0.15) is 5.10 Å². The Balaban J connectivity index is 1.86. The van der Waals surface area contributed by atoms with Gasteiger partial charge in [-0.3, -0.25) is 9.89 Å². The van der Waals surface area contributed by atoms with E-state index in [9.17, 15) is 4.79 Å². The Labute approximate surface area is 147 Å². The van der Waals surface area contributed by atoms with Gasteiger partial charge in [0.15, 0.2) is 5.82 Å². The lowest BCUT2D eigenvalue weighted by molar-refractivity contribution is -0.117. The highest BCUT2D eigenvalue weighted by atomic mass is 16.2. The van der Waals surface area contributed by atoms with E-state index in [4.69, 9.17) is 5.73 Å². The van der Waals surface area contributed by atoms with Crippen molar-refractivity contribution in [1.82, 2.24) is 10.2 Å². The summed E-state index contributed by atoms with van der Waals surface area (Å²) >= 11 is 0. The van der Waals surface area contributed by atoms with Crippen LogP contribution in [-0.4, -0.2) is 29.2 Å². The minimum Gasteiger partial charge on any atom is -0.372 e. The number of carbonyl (C=O) groups excluding carboxylic acids is 1. The van der Waals surface area contributed by atoms with Crippen LogP contribution in [0.25, 0.3) is 10.9 Å². The molecule has 3 rings (SSSR count). The van der Waals surface area contributed by atoms with Crippen LogP contribution in [0.1, 0.15) is 25.5 Å². The molecule has 4 N–H and O–H groups in total. The Hall–Kier alpha value is -2.86. The van der Waals surface area contributed by atoms with Gasteiger partial charge in [-0.05, 0) is 37.6 Å². The molecule has 130 valence electrons. The highest BCUT2D eigenvalue weighted by molar-refractivity contribution is 6.02. The Kier molecular flexibility index (Phi) is 5.00. The minimum absolute atomic E-state index is 0.284. The van der Waals surface area contributed by atoms with Crippen LogP contribution in [0.2, 0.25) is 0 Å². The monoisotopic (exact) mass is 337 g/mol. The summed E-state index contributed by atoms with van der Waals surface area (Å²) in [5.41, 5.74) is 8.80. The highest BCUT2D eigenvalue weighted by Gasteiger charge is 2.18. The van der Waals surface area contributed by atoms with Crippen LogP contribution < -0.4 is 16.0 Å². The molecule has 0 spiro atoms. The zero-order chi connectivity index (χ0) is 17.8. The van der Waals surface area contributed by atoms with Crippen LogP contribution in [0, 0.1) is 0 Å². The molecule has 0 aliphatic heterocycles. The fraction of sp³-hybridized carbons (Fsp3) is 0.263. The molecule has 0 saturated heterocycles. The SMILES string of the molecule is CCN(CC)c1ccc2[nH]nc(NC(=O)[C@@H](N)c3ccccc3)c2c1. The minimum atomic E-state index is -0.737. The first-order chi connectivity index (χ1) is 12.1. The van der Waals surface area contributed by atoms with Crippen molar-refractivity contribution in [2.24, 2.45) is 5.73 Å². The molecule has 0 fully saturated rings. The molecule has 1 heterocycles. The summed E-state index contributed by atoms with van der Waals surface area (Å²) < 4.78 is 0. The summed E-state index contributed by atoms with van der Waals surface area (Å²) in [5.74, 6) is 0.216. The van der Waals surface area contributed by atoms with E-state index in [0.29, 0.717) is 5.82 Å². The third-order valence-corrected chi connectivity index (χ3v) is 4.36. The molecular formula is C19H23N5O. The standard InChI is InChI=1S/C19H23N5O/c1-3-24(4-2)14-10-11-16-15(12-14)18(23-22-16)21-19(25)17(20)13-8-6-5-7-9-13/h5-12,17H,3-4,20H2,1-2H3,(H2,21,22,23,25)/t17-/m0/s1. The fourth-order valence-corrected chi connectivity index (χ4v) is 2.89. The van der Waals surface area contributed by atoms with Crippen LogP contribution in [0.5, 0.6) is 0 Å². The van der Waals surface area contributed by atoms with Gasteiger partial charge in [0.05, 0.1) is 5.52 Å². The van der Waals surface area contributed by atoms with E-state index in [0.717, 1.165) is 35.2 Å². The first-order valence-electron chi connectivity index (χ1n) is 8.48. The van der Waals surface area contributed by atoms with Crippen LogP contribution in [0.4, 0.5) is 11.5 Å². The summed E-state index contributed by atoms with van der Waals surface area (Å²) in [5, 5.41) is 10.9. The number of aromatic nitrogens is 2. The molecule has 1 aromatic heterocycles. The number of hydrogen-bond acceptors (Lipinski definition) is 4. The molecule has 0 unspecified atom stereocenters. The predicted molar refractivity (Wildman–Crippen MR) is 102 cm³/mol. The van der Waals surface area contributed by atoms with E-state index in [2.05, 4.69) is 40.3 Å². The summed E-state index contributed by atoms with van der Waals surface area (Å²) in [6.45, 7) is 6.07. The zero-order valence-corrected chi connectivity index (χ0v) is 14.5. The van der Waals surface area contributed by atoms with Crippen molar-refractivity contribution in [2.75, 3.05) is 23.3 Å². The second-order valence-electron chi connectivity index (χ2n) is 5.85. The molecule has 6 nitrogen and oxygen atoms in total. The average Bonchev–Trinajstić information content (AvgIpc) is 3.05. The Morgan fingerprint density at radius 1 is 1.20 bits per heavy atom. The smallest absolute Gasteiger partial charge is 0.247 e. The zero-order valence-electron chi connectivity index (χ0n) is 14.5. The molecular weight excluding hydrogens is 314 g/mol. The molecule has 0 aliphatic rings. The number of hydrogen-bond donors (Lipinski definition) is 3. The maximum Gasteiger partial charge on any atom is 0.247 e. The maximum absolute atomic E-state index is 12.5. The summed E-state index contributed by atoms with van der Waals surface area (Å²) in [4.78, 5) is 14.7. The van der Waals surface area contributed by atoms with Crippen LogP contribution in [0.3, 0.4) is 0 Å². The summed E-state index contributed by atoms with van der Waals surface area (Å²) in [6, 6.07) is 14.6. The molecule has 25 heavy (non-hydrogen) atoms. The van der Waals surface area contributed by atoms with Crippen molar-refractivity contribution >= 4 is 28.3 Å². The van der Waals surface area contributed by atoms with Crippen molar-refractivity contribution < 1.29 is 4.79 Å². The van der Waals surface area contributed by atoms with Crippen LogP contribution in [-0.2, 0) is 4.79 Å². The van der Waals surface area contributed by atoms with E-state index in [1.807, 2.05) is 42.5 Å². The number of nitrogens with two attached hydrogens (primary N) is 1. The second-order valence-corrected chi connectivity index (χ2v) is 5.85. The number of carbonyl (C=O) groups is 1. The van der Waals surface area contributed by atoms with Crippen molar-refractivity contribution in [2.45, 2.75) is 19.9 Å². The molecule has 0 aliphatic carbocycles. The van der Waals surface area contributed by atoms with Gasteiger partial charge < -0.3 is 16.0 Å². The molecule has 1 amide bonds. The lowest BCUT2D eigenvalue weighted by Crippen LogP contribution is -2.27. The molecule has 6 heteroatoms. The topological polar surface area (TPSA) is 87.0 Å². The average molecular weight is 337 g/mol. The number of amides is 1. The van der Waals surface area contributed by atoms with E-state index in [1.165, 1.54) is 0 Å². The van der Waals surface area contributed by atoms with Crippen molar-refractivity contribution in [3.8, 4) is 0 Å². The molecule has 3 aromatic rings. The largest absolute Gasteiger partial charge is 0.372 e. The van der Waals surface area contributed by atoms with Crippen LogP contribution >= 0.6 is 0 Å². The van der Waals surface area contributed by atoms with Gasteiger partial charge in [-0.15, -0.1) is 0 Å². The van der Waals surface area contributed by atoms with E-state index in [1.54, 1.807) is 0 Å². The first kappa shape index (κ1) is 17.0. The number of fused-ring (bicyclic) bond motifs is 1. The number of aromatic amines is 1. The first-order valence-corrected chi connectivity index (χ1v) is 8.48. The Bertz CT molecular complexity index is 855. The quantitative estimate of drug-likeness (QED) is 0.645. The molecule has 0 radical (unpaired) electrons. The number of rotatable bonds is 6. The van der Waals surface area contributed by atoms with Gasteiger partial charge in [-0.1, -0.05) is 30.3 Å². The van der Waals surface area contributed by atoms with E-state index >= 15 is 0 Å². The van der Waals surface area contributed by atoms with Gasteiger partial charge in [0.25, 0.3) is 0 Å². The van der Waals surface area contributed by atoms with E-state index in [-0.39, 0.29) is 5.91 Å². The third-order valence-electron chi connectivity index (χ3n) is 4.36. The normalized spacial score (nSPS) is 12.1. The van der Waals surface area contributed by atoms with Gasteiger partial charge in [-0.25, -0.2) is 0 Å². The second kappa shape index (κ2) is 7.36.